The first-order valence-electron chi connectivity index (χ1n) is 7.12. The fraction of sp³-hybridized carbons (Fsp3) is 0.533. The molecule has 21 heavy (non-hydrogen) atoms. The van der Waals surface area contributed by atoms with E-state index in [1.807, 2.05) is 6.92 Å². The Morgan fingerprint density at radius 1 is 1.38 bits per heavy atom. The maximum atomic E-state index is 11.8. The van der Waals surface area contributed by atoms with Gasteiger partial charge in [0.2, 0.25) is 0 Å². The van der Waals surface area contributed by atoms with Gasteiger partial charge >= 0.3 is 5.97 Å². The summed E-state index contributed by atoms with van der Waals surface area (Å²) in [7, 11) is 0. The van der Waals surface area contributed by atoms with E-state index < -0.39 is 0 Å². The molecule has 1 aromatic carbocycles. The van der Waals surface area contributed by atoms with E-state index in [0.717, 1.165) is 31.4 Å². The molecule has 1 aliphatic rings. The molecule has 0 saturated heterocycles. The quantitative estimate of drug-likeness (QED) is 0.640. The van der Waals surface area contributed by atoms with Crippen molar-refractivity contribution in [2.75, 3.05) is 11.9 Å². The van der Waals surface area contributed by atoms with Crippen molar-refractivity contribution in [1.29, 1.82) is 0 Å². The number of carbonyl (C=O) groups is 1. The van der Waals surface area contributed by atoms with Gasteiger partial charge in [0.15, 0.2) is 5.75 Å². The summed E-state index contributed by atoms with van der Waals surface area (Å²) < 4.78 is 5.09. The molecule has 1 fully saturated rings. The lowest BCUT2D eigenvalue weighted by Gasteiger charge is -2.29. The van der Waals surface area contributed by atoms with E-state index in [1.54, 1.807) is 12.1 Å². The Kier molecular flexibility index (Phi) is 5.59. The Morgan fingerprint density at radius 3 is 2.67 bits per heavy atom. The molecule has 116 valence electrons. The predicted molar refractivity (Wildman–Crippen MR) is 84.1 cm³/mol. The van der Waals surface area contributed by atoms with E-state index in [0.29, 0.717) is 6.61 Å². The molecule has 2 N–H and O–H groups in total. The first-order chi connectivity index (χ1) is 10.0. The van der Waals surface area contributed by atoms with Gasteiger partial charge in [-0.05, 0) is 38.3 Å². The van der Waals surface area contributed by atoms with Crippen molar-refractivity contribution < 1.29 is 14.6 Å². The molecule has 0 amide bonds. The van der Waals surface area contributed by atoms with E-state index in [1.165, 1.54) is 0 Å². The van der Waals surface area contributed by atoms with Crippen molar-refractivity contribution in [1.82, 2.24) is 0 Å². The van der Waals surface area contributed by atoms with Crippen molar-refractivity contribution in [3.63, 3.8) is 0 Å². The summed E-state index contributed by atoms with van der Waals surface area (Å²) in [5, 5.41) is 13.3. The summed E-state index contributed by atoms with van der Waals surface area (Å²) in [6, 6.07) is 3.44. The fourth-order valence-corrected chi connectivity index (χ4v) is 3.17. The number of phenolic OH excluding ortho intramolecular Hbond substituents is 1. The fourth-order valence-electron chi connectivity index (χ4n) is 2.68. The number of hydrogen-bond donors (Lipinski definition) is 2. The van der Waals surface area contributed by atoms with E-state index in [-0.39, 0.29) is 33.7 Å². The van der Waals surface area contributed by atoms with Crippen LogP contribution in [0.2, 0.25) is 10.0 Å². The highest BCUT2D eigenvalue weighted by Crippen LogP contribution is 2.36. The zero-order valence-corrected chi connectivity index (χ0v) is 13.4. The number of carbonyl (C=O) groups excluding carboxylic acids is 1. The van der Waals surface area contributed by atoms with E-state index in [9.17, 15) is 9.90 Å². The Bertz CT molecular complexity index is 499. The molecule has 0 aliphatic heterocycles. The summed E-state index contributed by atoms with van der Waals surface area (Å²) in [6.45, 7) is 2.23. The Hall–Kier alpha value is -1.13. The number of anilines is 1. The molecule has 0 spiro atoms. The third-order valence-electron chi connectivity index (χ3n) is 3.68. The second-order valence-electron chi connectivity index (χ2n) is 5.25. The van der Waals surface area contributed by atoms with Crippen LogP contribution in [-0.2, 0) is 9.53 Å². The van der Waals surface area contributed by atoms with Crippen molar-refractivity contribution in [3.8, 4) is 5.75 Å². The van der Waals surface area contributed by atoms with E-state index in [4.69, 9.17) is 27.9 Å². The lowest BCUT2D eigenvalue weighted by atomic mass is 9.85. The number of halogens is 2. The highest BCUT2D eigenvalue weighted by molar-refractivity contribution is 6.37. The van der Waals surface area contributed by atoms with Crippen molar-refractivity contribution in [2.45, 2.75) is 38.6 Å². The van der Waals surface area contributed by atoms with E-state index in [2.05, 4.69) is 5.32 Å². The van der Waals surface area contributed by atoms with Crippen LogP contribution in [0.1, 0.15) is 32.6 Å². The number of phenols is 1. The van der Waals surface area contributed by atoms with E-state index >= 15 is 0 Å². The summed E-state index contributed by atoms with van der Waals surface area (Å²) in [6.07, 6.45) is 3.55. The minimum absolute atomic E-state index is 0.0562. The normalized spacial score (nSPS) is 21.9. The number of hydrogen-bond acceptors (Lipinski definition) is 4. The molecular weight excluding hydrogens is 313 g/mol. The average molecular weight is 332 g/mol. The van der Waals surface area contributed by atoms with Gasteiger partial charge in [0.05, 0.1) is 22.6 Å². The maximum Gasteiger partial charge on any atom is 0.308 e. The molecule has 0 aromatic heterocycles. The van der Waals surface area contributed by atoms with Gasteiger partial charge in [0.25, 0.3) is 0 Å². The number of aromatic hydroxyl groups is 1. The standard InChI is InChI=1S/C15H19Cl2NO3/c1-2-21-15(20)9-4-3-5-10(6-9)18-11-7-12(16)14(19)13(17)8-11/h7-10,18-19H,2-6H2,1H3. The maximum absolute atomic E-state index is 11.8. The second kappa shape index (κ2) is 7.23. The number of ether oxygens (including phenoxy) is 1. The second-order valence-corrected chi connectivity index (χ2v) is 6.06. The van der Waals surface area contributed by atoms with Gasteiger partial charge in [-0.15, -0.1) is 0 Å². The Labute approximate surface area is 134 Å². The van der Waals surface area contributed by atoms with Crippen molar-refractivity contribution in [3.05, 3.63) is 22.2 Å². The van der Waals surface area contributed by atoms with Crippen molar-refractivity contribution in [2.24, 2.45) is 5.92 Å². The van der Waals surface area contributed by atoms with Crippen LogP contribution >= 0.6 is 23.2 Å². The minimum Gasteiger partial charge on any atom is -0.505 e. The molecule has 2 rings (SSSR count). The summed E-state index contributed by atoms with van der Waals surface area (Å²) >= 11 is 11.8. The molecule has 0 bridgehead atoms. The summed E-state index contributed by atoms with van der Waals surface area (Å²) in [5.41, 5.74) is 0.748. The molecule has 0 radical (unpaired) electrons. The van der Waals surface area contributed by atoms with Gasteiger partial charge in [0, 0.05) is 11.7 Å². The van der Waals surface area contributed by atoms with Gasteiger partial charge in [-0.25, -0.2) is 0 Å². The van der Waals surface area contributed by atoms with Gasteiger partial charge in [-0.1, -0.05) is 29.6 Å². The van der Waals surface area contributed by atoms with Crippen molar-refractivity contribution >= 4 is 34.9 Å². The molecular formula is C15H19Cl2NO3. The van der Waals surface area contributed by atoms with Crippen LogP contribution in [0.15, 0.2) is 12.1 Å². The number of benzene rings is 1. The molecule has 4 nitrogen and oxygen atoms in total. The molecule has 0 heterocycles. The SMILES string of the molecule is CCOC(=O)C1CCCC(Nc2cc(Cl)c(O)c(Cl)c2)C1. The van der Waals surface area contributed by atoms with Crippen LogP contribution in [0.4, 0.5) is 5.69 Å². The molecule has 2 unspecified atom stereocenters. The number of nitrogens with one attached hydrogen (secondary N) is 1. The third-order valence-corrected chi connectivity index (χ3v) is 4.26. The van der Waals surface area contributed by atoms with Crippen LogP contribution in [-0.4, -0.2) is 23.7 Å². The van der Waals surface area contributed by atoms with Crippen LogP contribution in [0.25, 0.3) is 0 Å². The number of esters is 1. The van der Waals surface area contributed by atoms with Gasteiger partial charge in [0.1, 0.15) is 0 Å². The lowest BCUT2D eigenvalue weighted by Crippen LogP contribution is -2.32. The zero-order valence-electron chi connectivity index (χ0n) is 11.9. The monoisotopic (exact) mass is 331 g/mol. The highest BCUT2D eigenvalue weighted by Gasteiger charge is 2.28. The average Bonchev–Trinajstić information content (AvgIpc) is 2.45. The summed E-state index contributed by atoms with van der Waals surface area (Å²) in [5.74, 6) is -0.290. The van der Waals surface area contributed by atoms with Crippen LogP contribution < -0.4 is 5.32 Å². The molecule has 1 aliphatic carbocycles. The van der Waals surface area contributed by atoms with Crippen LogP contribution in [0.5, 0.6) is 5.75 Å². The van der Waals surface area contributed by atoms with Crippen LogP contribution in [0.3, 0.4) is 0 Å². The number of rotatable bonds is 4. The minimum atomic E-state index is -0.120. The molecule has 1 saturated carbocycles. The Balaban J connectivity index is 2.01. The predicted octanol–water partition coefficient (Wildman–Crippen LogP) is 4.23. The Morgan fingerprint density at radius 2 is 2.05 bits per heavy atom. The zero-order chi connectivity index (χ0) is 15.4. The molecule has 6 heteroatoms. The topological polar surface area (TPSA) is 58.6 Å². The first-order valence-corrected chi connectivity index (χ1v) is 7.88. The molecule has 2 atom stereocenters. The largest absolute Gasteiger partial charge is 0.505 e. The lowest BCUT2D eigenvalue weighted by molar-refractivity contribution is -0.149. The third kappa shape index (κ3) is 4.17. The van der Waals surface area contributed by atoms with Crippen LogP contribution in [0, 0.1) is 5.92 Å². The van der Waals surface area contributed by atoms with Gasteiger partial charge < -0.3 is 15.2 Å². The summed E-state index contributed by atoms with van der Waals surface area (Å²) in [4.78, 5) is 11.8. The highest BCUT2D eigenvalue weighted by atomic mass is 35.5. The first kappa shape index (κ1) is 16.2. The smallest absolute Gasteiger partial charge is 0.308 e. The van der Waals surface area contributed by atoms with Gasteiger partial charge in [-0.2, -0.15) is 0 Å². The molecule has 1 aromatic rings. The van der Waals surface area contributed by atoms with Gasteiger partial charge in [-0.3, -0.25) is 4.79 Å².